The van der Waals surface area contributed by atoms with Crippen molar-refractivity contribution in [2.75, 3.05) is 45.0 Å². The minimum Gasteiger partial charge on any atom is -0.342 e. The zero-order valence-electron chi connectivity index (χ0n) is 17.5. The Morgan fingerprint density at radius 1 is 1.10 bits per heavy atom. The van der Waals surface area contributed by atoms with Crippen molar-refractivity contribution >= 4 is 15.9 Å². The summed E-state index contributed by atoms with van der Waals surface area (Å²) < 4.78 is 26.4. The number of aromatic nitrogens is 1. The zero-order valence-corrected chi connectivity index (χ0v) is 18.3. The molecule has 0 saturated carbocycles. The minimum absolute atomic E-state index is 0.140. The molecule has 1 aromatic rings. The first kappa shape index (κ1) is 20.8. The van der Waals surface area contributed by atoms with Crippen molar-refractivity contribution in [3.05, 3.63) is 30.1 Å². The number of fused-ring (bicyclic) bond motifs is 1. The third-order valence-corrected chi connectivity index (χ3v) is 9.37. The molecule has 3 saturated heterocycles. The van der Waals surface area contributed by atoms with E-state index < -0.39 is 10.0 Å². The number of rotatable bonds is 5. The lowest BCUT2D eigenvalue weighted by molar-refractivity contribution is -0.141. The Hall–Kier alpha value is -1.51. The third kappa shape index (κ3) is 3.39. The first-order valence-electron chi connectivity index (χ1n) is 10.7. The molecule has 0 radical (unpaired) electrons. The van der Waals surface area contributed by atoms with Crippen LogP contribution in [0.1, 0.15) is 38.7 Å². The van der Waals surface area contributed by atoms with Gasteiger partial charge in [0.25, 0.3) is 0 Å². The predicted molar refractivity (Wildman–Crippen MR) is 112 cm³/mol. The molecule has 3 aliphatic heterocycles. The van der Waals surface area contributed by atoms with Gasteiger partial charge in [-0.25, -0.2) is 12.7 Å². The maximum Gasteiger partial charge on any atom is 0.230 e. The highest BCUT2D eigenvalue weighted by molar-refractivity contribution is 7.89. The van der Waals surface area contributed by atoms with Crippen molar-refractivity contribution in [1.82, 2.24) is 19.1 Å². The van der Waals surface area contributed by atoms with Gasteiger partial charge in [-0.1, -0.05) is 6.07 Å². The largest absolute Gasteiger partial charge is 0.342 e. The van der Waals surface area contributed by atoms with Crippen LogP contribution in [0.3, 0.4) is 0 Å². The lowest BCUT2D eigenvalue weighted by Gasteiger charge is -2.46. The maximum absolute atomic E-state index is 13.5. The van der Waals surface area contributed by atoms with Crippen LogP contribution in [0.2, 0.25) is 0 Å². The maximum atomic E-state index is 13.5. The standard InChI is InChI=1S/C21H32N4O3S/c1-3-24-11-9-21(19(24)26)17-23(15-18-6-5-10-22-14-18)16-20(21)7-12-25(13-8-20)29(27,28)4-2/h5-6,10,14H,3-4,7-9,11-13,15-17H2,1-2H3. The molecule has 0 aliphatic carbocycles. The summed E-state index contributed by atoms with van der Waals surface area (Å²) in [5.74, 6) is 0.418. The van der Waals surface area contributed by atoms with Crippen molar-refractivity contribution in [2.45, 2.75) is 39.7 Å². The topological polar surface area (TPSA) is 73.8 Å². The summed E-state index contributed by atoms with van der Waals surface area (Å²) in [6, 6.07) is 4.03. The van der Waals surface area contributed by atoms with Gasteiger partial charge >= 0.3 is 0 Å². The first-order chi connectivity index (χ1) is 13.9. The van der Waals surface area contributed by atoms with Crippen LogP contribution in [0.4, 0.5) is 0 Å². The van der Waals surface area contributed by atoms with Crippen molar-refractivity contribution in [3.63, 3.8) is 0 Å². The highest BCUT2D eigenvalue weighted by Gasteiger charge is 2.65. The van der Waals surface area contributed by atoms with E-state index in [0.717, 1.165) is 57.5 Å². The average molecular weight is 421 g/mol. The van der Waals surface area contributed by atoms with Crippen LogP contribution in [0.25, 0.3) is 0 Å². The summed E-state index contributed by atoms with van der Waals surface area (Å²) in [6.45, 7) is 8.76. The van der Waals surface area contributed by atoms with E-state index in [4.69, 9.17) is 0 Å². The second-order valence-corrected chi connectivity index (χ2v) is 11.1. The fourth-order valence-electron chi connectivity index (χ4n) is 5.84. The number of carbonyl (C=O) groups excluding carboxylic acids is 1. The van der Waals surface area contributed by atoms with Crippen LogP contribution in [0, 0.1) is 10.8 Å². The Labute approximate surface area is 174 Å². The number of hydrogen-bond acceptors (Lipinski definition) is 5. The van der Waals surface area contributed by atoms with Gasteiger partial charge in [0.2, 0.25) is 15.9 Å². The Kier molecular flexibility index (Phi) is 5.46. The van der Waals surface area contributed by atoms with E-state index in [2.05, 4.69) is 16.0 Å². The third-order valence-electron chi connectivity index (χ3n) is 7.49. The highest BCUT2D eigenvalue weighted by atomic mass is 32.2. The number of piperidine rings is 1. The Bertz CT molecular complexity index is 852. The van der Waals surface area contributed by atoms with Gasteiger partial charge in [-0.3, -0.25) is 14.7 Å². The summed E-state index contributed by atoms with van der Waals surface area (Å²) in [5, 5.41) is 0. The zero-order chi connectivity index (χ0) is 20.7. The minimum atomic E-state index is -3.18. The summed E-state index contributed by atoms with van der Waals surface area (Å²) in [6.07, 6.45) is 6.07. The number of pyridine rings is 1. The number of amides is 1. The molecule has 1 atom stereocenters. The first-order valence-corrected chi connectivity index (χ1v) is 12.4. The molecule has 1 aromatic heterocycles. The van der Waals surface area contributed by atoms with Crippen molar-refractivity contribution in [1.29, 1.82) is 0 Å². The van der Waals surface area contributed by atoms with Crippen LogP contribution in [-0.2, 0) is 21.4 Å². The molecule has 4 heterocycles. The summed E-state index contributed by atoms with van der Waals surface area (Å²) in [5.41, 5.74) is 0.631. The molecule has 1 unspecified atom stereocenters. The normalized spacial score (nSPS) is 28.1. The molecule has 3 aliphatic rings. The van der Waals surface area contributed by atoms with Gasteiger partial charge in [0.15, 0.2) is 0 Å². The van der Waals surface area contributed by atoms with Gasteiger partial charge in [-0.15, -0.1) is 0 Å². The molecular weight excluding hydrogens is 388 g/mol. The second-order valence-electron chi connectivity index (χ2n) is 8.80. The Morgan fingerprint density at radius 2 is 1.86 bits per heavy atom. The van der Waals surface area contributed by atoms with Gasteiger partial charge in [-0.2, -0.15) is 0 Å². The van der Waals surface area contributed by atoms with Gasteiger partial charge in [-0.05, 0) is 44.7 Å². The highest BCUT2D eigenvalue weighted by Crippen LogP contribution is 2.58. The number of carbonyl (C=O) groups is 1. The molecule has 1 amide bonds. The van der Waals surface area contributed by atoms with E-state index >= 15 is 0 Å². The van der Waals surface area contributed by atoms with Gasteiger partial charge in [0.1, 0.15) is 0 Å². The molecule has 2 spiro atoms. The molecule has 0 bridgehead atoms. The summed E-state index contributed by atoms with van der Waals surface area (Å²) >= 11 is 0. The molecule has 160 valence electrons. The van der Waals surface area contributed by atoms with Crippen molar-refractivity contribution < 1.29 is 13.2 Å². The molecule has 0 aromatic carbocycles. The van der Waals surface area contributed by atoms with Crippen LogP contribution in [-0.4, -0.2) is 78.4 Å². The SMILES string of the molecule is CCN1CCC2(CN(Cc3cccnc3)CC23CCN(S(=O)(=O)CC)CC3)C1=O. The Balaban J connectivity index is 1.61. The number of hydrogen-bond donors (Lipinski definition) is 0. The van der Waals surface area contributed by atoms with E-state index in [0.29, 0.717) is 13.1 Å². The quantitative estimate of drug-likeness (QED) is 0.723. The molecule has 4 rings (SSSR count). The monoisotopic (exact) mass is 420 g/mol. The molecule has 0 N–H and O–H groups in total. The number of nitrogens with zero attached hydrogens (tertiary/aromatic N) is 4. The van der Waals surface area contributed by atoms with E-state index in [-0.39, 0.29) is 22.5 Å². The van der Waals surface area contributed by atoms with E-state index in [1.165, 1.54) is 0 Å². The molecule has 8 heteroatoms. The molecular formula is C21H32N4O3S. The van der Waals surface area contributed by atoms with Crippen molar-refractivity contribution in [3.8, 4) is 0 Å². The predicted octanol–water partition coefficient (Wildman–Crippen LogP) is 1.57. The van der Waals surface area contributed by atoms with Gasteiger partial charge < -0.3 is 4.90 Å². The number of sulfonamides is 1. The molecule has 3 fully saturated rings. The molecule has 29 heavy (non-hydrogen) atoms. The smallest absolute Gasteiger partial charge is 0.230 e. The summed E-state index contributed by atoms with van der Waals surface area (Å²) in [4.78, 5) is 22.1. The molecule has 7 nitrogen and oxygen atoms in total. The number of likely N-dealkylation sites (tertiary alicyclic amines) is 2. The summed E-state index contributed by atoms with van der Waals surface area (Å²) in [7, 11) is -3.18. The second kappa shape index (κ2) is 7.63. The van der Waals surface area contributed by atoms with E-state index in [9.17, 15) is 13.2 Å². The fraction of sp³-hybridized carbons (Fsp3) is 0.714. The van der Waals surface area contributed by atoms with Crippen LogP contribution >= 0.6 is 0 Å². The lowest BCUT2D eigenvalue weighted by atomic mass is 9.60. The lowest BCUT2D eigenvalue weighted by Crippen LogP contribution is -2.53. The average Bonchev–Trinajstić information content (AvgIpc) is 3.21. The van der Waals surface area contributed by atoms with E-state index in [1.54, 1.807) is 17.4 Å². The van der Waals surface area contributed by atoms with Gasteiger partial charge in [0.05, 0.1) is 11.2 Å². The fourth-order valence-corrected chi connectivity index (χ4v) is 6.94. The van der Waals surface area contributed by atoms with Gasteiger partial charge in [0, 0.05) is 63.6 Å². The van der Waals surface area contributed by atoms with Crippen molar-refractivity contribution in [2.24, 2.45) is 10.8 Å². The van der Waals surface area contributed by atoms with E-state index in [1.807, 2.05) is 24.1 Å². The van der Waals surface area contributed by atoms with Crippen LogP contribution in [0.15, 0.2) is 24.5 Å². The Morgan fingerprint density at radius 3 is 2.45 bits per heavy atom. The van der Waals surface area contributed by atoms with Crippen LogP contribution < -0.4 is 0 Å². The van der Waals surface area contributed by atoms with Crippen LogP contribution in [0.5, 0.6) is 0 Å².